The molecule has 0 amide bonds. The third-order valence-corrected chi connectivity index (χ3v) is 1.64. The van der Waals surface area contributed by atoms with Crippen molar-refractivity contribution in [2.75, 3.05) is 0 Å². The van der Waals surface area contributed by atoms with E-state index in [1.54, 1.807) is 6.92 Å². The van der Waals surface area contributed by atoms with Gasteiger partial charge < -0.3 is 0 Å². The second-order valence-electron chi connectivity index (χ2n) is 2.65. The van der Waals surface area contributed by atoms with Gasteiger partial charge in [-0.25, -0.2) is 0 Å². The van der Waals surface area contributed by atoms with Crippen LogP contribution in [0.15, 0.2) is 12.4 Å². The average molecular weight is 180 g/mol. The van der Waals surface area contributed by atoms with E-state index < -0.39 is 4.92 Å². The van der Waals surface area contributed by atoms with Gasteiger partial charge in [0.25, 0.3) is 0 Å². The van der Waals surface area contributed by atoms with Gasteiger partial charge in [0, 0.05) is 0 Å². The van der Waals surface area contributed by atoms with Crippen LogP contribution in [0.3, 0.4) is 0 Å². The molecule has 0 aromatic carbocycles. The standard InChI is InChI=1S/C7H8N4O2/c1-6(2-3-8)10-5-7(4-9-10)11(12)13/h4-6H,2H2,1H3. The molecule has 1 rings (SSSR count). The Hall–Kier alpha value is -1.90. The molecule has 68 valence electrons. The molecule has 0 aliphatic carbocycles. The quantitative estimate of drug-likeness (QED) is 0.517. The zero-order valence-electron chi connectivity index (χ0n) is 7.04. The summed E-state index contributed by atoms with van der Waals surface area (Å²) in [4.78, 5) is 9.77. The molecule has 1 unspecified atom stereocenters. The molecule has 1 heterocycles. The first-order valence-corrected chi connectivity index (χ1v) is 3.70. The summed E-state index contributed by atoms with van der Waals surface area (Å²) in [6.45, 7) is 1.78. The van der Waals surface area contributed by atoms with Gasteiger partial charge in [0.05, 0.1) is 23.5 Å². The molecule has 0 radical (unpaired) electrons. The largest absolute Gasteiger partial charge is 0.307 e. The van der Waals surface area contributed by atoms with Crippen molar-refractivity contribution in [3.05, 3.63) is 22.5 Å². The van der Waals surface area contributed by atoms with Crippen molar-refractivity contribution in [3.63, 3.8) is 0 Å². The molecule has 0 aliphatic heterocycles. The molecule has 0 aliphatic rings. The molecule has 6 heteroatoms. The van der Waals surface area contributed by atoms with Crippen LogP contribution in [0.1, 0.15) is 19.4 Å². The molecule has 0 saturated carbocycles. The molecule has 6 nitrogen and oxygen atoms in total. The number of nitrogens with zero attached hydrogens (tertiary/aromatic N) is 4. The predicted molar refractivity (Wildman–Crippen MR) is 43.8 cm³/mol. The minimum absolute atomic E-state index is 0.0511. The Kier molecular flexibility index (Phi) is 2.59. The molecule has 0 fully saturated rings. The van der Waals surface area contributed by atoms with E-state index >= 15 is 0 Å². The molecule has 1 aromatic heterocycles. The van der Waals surface area contributed by atoms with Crippen LogP contribution in [-0.4, -0.2) is 14.7 Å². The molecule has 0 bridgehead atoms. The number of rotatable bonds is 3. The zero-order chi connectivity index (χ0) is 9.84. The number of nitro groups is 1. The normalized spacial score (nSPS) is 12.0. The lowest BCUT2D eigenvalue weighted by Gasteiger charge is -2.04. The Labute approximate surface area is 74.5 Å². The van der Waals surface area contributed by atoms with Crippen molar-refractivity contribution in [2.24, 2.45) is 0 Å². The summed E-state index contributed by atoms with van der Waals surface area (Å²) < 4.78 is 1.42. The summed E-state index contributed by atoms with van der Waals surface area (Å²) in [5.74, 6) is 0. The van der Waals surface area contributed by atoms with Gasteiger partial charge in [-0.05, 0) is 6.92 Å². The monoisotopic (exact) mass is 180 g/mol. The first-order valence-electron chi connectivity index (χ1n) is 3.70. The highest BCUT2D eigenvalue weighted by Gasteiger charge is 2.12. The fourth-order valence-electron chi connectivity index (χ4n) is 0.889. The van der Waals surface area contributed by atoms with Gasteiger partial charge in [0.15, 0.2) is 0 Å². The summed E-state index contributed by atoms with van der Waals surface area (Å²) in [7, 11) is 0. The number of aromatic nitrogens is 2. The van der Waals surface area contributed by atoms with Crippen molar-refractivity contribution in [3.8, 4) is 6.07 Å². The van der Waals surface area contributed by atoms with Crippen molar-refractivity contribution >= 4 is 5.69 Å². The Morgan fingerprint density at radius 1 is 1.92 bits per heavy atom. The van der Waals surface area contributed by atoms with Crippen molar-refractivity contribution in [1.29, 1.82) is 5.26 Å². The fourth-order valence-corrected chi connectivity index (χ4v) is 0.889. The Morgan fingerprint density at radius 2 is 2.62 bits per heavy atom. The maximum Gasteiger partial charge on any atom is 0.307 e. The predicted octanol–water partition coefficient (Wildman–Crippen LogP) is 1.27. The van der Waals surface area contributed by atoms with E-state index in [-0.39, 0.29) is 11.7 Å². The number of hydrogen-bond acceptors (Lipinski definition) is 4. The summed E-state index contributed by atoms with van der Waals surface area (Å²) in [5.41, 5.74) is -0.0511. The molecule has 0 N–H and O–H groups in total. The molecule has 13 heavy (non-hydrogen) atoms. The lowest BCUT2D eigenvalue weighted by molar-refractivity contribution is -0.385. The van der Waals surface area contributed by atoms with Gasteiger partial charge in [-0.2, -0.15) is 10.4 Å². The molecule has 1 aromatic rings. The van der Waals surface area contributed by atoms with E-state index in [0.717, 1.165) is 0 Å². The third kappa shape index (κ3) is 2.02. The van der Waals surface area contributed by atoms with E-state index in [1.165, 1.54) is 17.1 Å². The van der Waals surface area contributed by atoms with Crippen molar-refractivity contribution < 1.29 is 4.92 Å². The molecular formula is C7H8N4O2. The number of hydrogen-bond donors (Lipinski definition) is 0. The van der Waals surface area contributed by atoms with Gasteiger partial charge in [-0.15, -0.1) is 0 Å². The Bertz CT molecular complexity index is 352. The maximum absolute atomic E-state index is 10.3. The number of nitriles is 1. The Morgan fingerprint density at radius 3 is 3.08 bits per heavy atom. The van der Waals surface area contributed by atoms with Crippen molar-refractivity contribution in [2.45, 2.75) is 19.4 Å². The second kappa shape index (κ2) is 3.67. The highest BCUT2D eigenvalue weighted by Crippen LogP contribution is 2.14. The van der Waals surface area contributed by atoms with Crippen LogP contribution in [0.2, 0.25) is 0 Å². The summed E-state index contributed by atoms with van der Waals surface area (Å²) >= 11 is 0. The summed E-state index contributed by atoms with van der Waals surface area (Å²) in [5, 5.41) is 22.5. The SMILES string of the molecule is CC(CC#N)n1cc([N+](=O)[O-])cn1. The van der Waals surface area contributed by atoms with E-state index in [2.05, 4.69) is 5.10 Å². The lowest BCUT2D eigenvalue weighted by atomic mass is 10.3. The van der Waals surface area contributed by atoms with Crippen LogP contribution in [0, 0.1) is 21.4 Å². The van der Waals surface area contributed by atoms with Crippen LogP contribution in [0.5, 0.6) is 0 Å². The smallest absolute Gasteiger partial charge is 0.262 e. The van der Waals surface area contributed by atoms with Gasteiger partial charge >= 0.3 is 5.69 Å². The van der Waals surface area contributed by atoms with E-state index in [4.69, 9.17) is 5.26 Å². The fraction of sp³-hybridized carbons (Fsp3) is 0.429. The molecule has 1 atom stereocenters. The summed E-state index contributed by atoms with van der Waals surface area (Å²) in [6, 6.07) is 1.85. The zero-order valence-corrected chi connectivity index (χ0v) is 7.04. The maximum atomic E-state index is 10.3. The second-order valence-corrected chi connectivity index (χ2v) is 2.65. The third-order valence-electron chi connectivity index (χ3n) is 1.64. The van der Waals surface area contributed by atoms with Crippen LogP contribution in [0.25, 0.3) is 0 Å². The first kappa shape index (κ1) is 9.19. The minimum Gasteiger partial charge on any atom is -0.262 e. The lowest BCUT2D eigenvalue weighted by Crippen LogP contribution is -2.04. The van der Waals surface area contributed by atoms with Crippen LogP contribution < -0.4 is 0 Å². The average Bonchev–Trinajstić information content (AvgIpc) is 2.52. The van der Waals surface area contributed by atoms with Crippen LogP contribution in [0.4, 0.5) is 5.69 Å². The highest BCUT2D eigenvalue weighted by atomic mass is 16.6. The van der Waals surface area contributed by atoms with Crippen LogP contribution in [-0.2, 0) is 0 Å². The van der Waals surface area contributed by atoms with E-state index in [1.807, 2.05) is 6.07 Å². The molecular weight excluding hydrogens is 172 g/mol. The van der Waals surface area contributed by atoms with Gasteiger partial charge in [0.2, 0.25) is 0 Å². The minimum atomic E-state index is -0.511. The van der Waals surface area contributed by atoms with E-state index in [0.29, 0.717) is 6.42 Å². The van der Waals surface area contributed by atoms with Crippen molar-refractivity contribution in [1.82, 2.24) is 9.78 Å². The molecule has 0 saturated heterocycles. The van der Waals surface area contributed by atoms with Gasteiger partial charge in [-0.3, -0.25) is 14.8 Å². The first-order chi connectivity index (χ1) is 6.15. The Balaban J connectivity index is 2.80. The summed E-state index contributed by atoms with van der Waals surface area (Å²) in [6.07, 6.45) is 2.79. The topological polar surface area (TPSA) is 84.8 Å². The highest BCUT2D eigenvalue weighted by molar-refractivity contribution is 5.21. The van der Waals surface area contributed by atoms with Gasteiger partial charge in [-0.1, -0.05) is 0 Å². The van der Waals surface area contributed by atoms with E-state index in [9.17, 15) is 10.1 Å². The van der Waals surface area contributed by atoms with Gasteiger partial charge in [0.1, 0.15) is 12.4 Å². The molecule has 0 spiro atoms. The van der Waals surface area contributed by atoms with Crippen LogP contribution >= 0.6 is 0 Å².